The maximum atomic E-state index is 10.8. The van der Waals surface area contributed by atoms with E-state index in [4.69, 9.17) is 5.11 Å². The zero-order chi connectivity index (χ0) is 12.5. The number of carbonyl (C=O) groups is 1. The van der Waals surface area contributed by atoms with Crippen molar-refractivity contribution in [1.82, 2.24) is 9.88 Å². The van der Waals surface area contributed by atoms with Crippen LogP contribution in [0.25, 0.3) is 0 Å². The highest BCUT2D eigenvalue weighted by atomic mass is 32.1. The predicted octanol–water partition coefficient (Wildman–Crippen LogP) is 1.88. The number of anilines is 1. The average Bonchev–Trinajstić information content (AvgIpc) is 2.98. The van der Waals surface area contributed by atoms with Crippen LogP contribution in [0.15, 0.2) is 6.20 Å². The molecule has 0 saturated carbocycles. The van der Waals surface area contributed by atoms with Crippen LogP contribution in [0.2, 0.25) is 0 Å². The number of carboxylic acid groups (broad SMARTS) is 1. The van der Waals surface area contributed by atoms with Gasteiger partial charge < -0.3 is 10.4 Å². The second-order valence-electron chi connectivity index (χ2n) is 4.97. The first kappa shape index (κ1) is 11.9. The average molecular weight is 267 g/mol. The Morgan fingerprint density at radius 1 is 1.44 bits per heavy atom. The molecule has 2 atom stereocenters. The van der Waals surface area contributed by atoms with Gasteiger partial charge in [-0.3, -0.25) is 4.90 Å². The van der Waals surface area contributed by atoms with Gasteiger partial charge in [-0.2, -0.15) is 0 Å². The Labute approximate surface area is 110 Å². The number of piperidine rings is 1. The van der Waals surface area contributed by atoms with E-state index in [1.54, 1.807) is 0 Å². The van der Waals surface area contributed by atoms with Gasteiger partial charge in [-0.1, -0.05) is 17.8 Å². The van der Waals surface area contributed by atoms with E-state index in [2.05, 4.69) is 15.2 Å². The van der Waals surface area contributed by atoms with E-state index in [1.807, 2.05) is 0 Å². The van der Waals surface area contributed by atoms with Gasteiger partial charge in [0.25, 0.3) is 0 Å². The van der Waals surface area contributed by atoms with Gasteiger partial charge in [0.15, 0.2) is 5.13 Å². The molecule has 3 heterocycles. The Hall–Kier alpha value is -1.14. The first-order valence-electron chi connectivity index (χ1n) is 6.44. The summed E-state index contributed by atoms with van der Waals surface area (Å²) in [6, 6.07) is 1.04. The normalized spacial score (nSPS) is 28.0. The molecule has 1 aromatic heterocycles. The number of hydrogen-bond acceptors (Lipinski definition) is 5. The Bertz CT molecular complexity index is 448. The van der Waals surface area contributed by atoms with E-state index in [-0.39, 0.29) is 0 Å². The molecule has 0 spiro atoms. The molecule has 2 saturated heterocycles. The van der Waals surface area contributed by atoms with Crippen LogP contribution in [-0.4, -0.2) is 46.1 Å². The topological polar surface area (TPSA) is 65.5 Å². The van der Waals surface area contributed by atoms with Gasteiger partial charge >= 0.3 is 5.97 Å². The van der Waals surface area contributed by atoms with Crippen molar-refractivity contribution in [1.29, 1.82) is 0 Å². The molecule has 18 heavy (non-hydrogen) atoms. The largest absolute Gasteiger partial charge is 0.477 e. The van der Waals surface area contributed by atoms with Gasteiger partial charge in [-0.15, -0.1) is 0 Å². The fourth-order valence-electron chi connectivity index (χ4n) is 3.01. The number of hydrogen-bond donors (Lipinski definition) is 2. The Kier molecular flexibility index (Phi) is 3.22. The van der Waals surface area contributed by atoms with E-state index in [0.29, 0.717) is 17.0 Å². The van der Waals surface area contributed by atoms with E-state index >= 15 is 0 Å². The van der Waals surface area contributed by atoms with Crippen molar-refractivity contribution in [2.24, 2.45) is 0 Å². The summed E-state index contributed by atoms with van der Waals surface area (Å²) in [6.07, 6.45) is 6.42. The molecule has 6 heteroatoms. The third-order valence-electron chi connectivity index (χ3n) is 3.88. The van der Waals surface area contributed by atoms with Gasteiger partial charge in [0, 0.05) is 18.6 Å². The fraction of sp³-hybridized carbons (Fsp3) is 0.667. The number of fused-ring (bicyclic) bond motifs is 1. The van der Waals surface area contributed by atoms with Gasteiger partial charge in [0.05, 0.1) is 6.20 Å². The molecule has 2 N–H and O–H groups in total. The van der Waals surface area contributed by atoms with E-state index < -0.39 is 5.97 Å². The van der Waals surface area contributed by atoms with E-state index in [9.17, 15) is 4.79 Å². The molecule has 0 aliphatic carbocycles. The van der Waals surface area contributed by atoms with Crippen LogP contribution < -0.4 is 5.32 Å². The van der Waals surface area contributed by atoms with Crippen molar-refractivity contribution in [3.8, 4) is 0 Å². The highest BCUT2D eigenvalue weighted by Crippen LogP contribution is 2.30. The second kappa shape index (κ2) is 4.85. The maximum Gasteiger partial charge on any atom is 0.347 e. The van der Waals surface area contributed by atoms with Crippen LogP contribution in [0.1, 0.15) is 35.4 Å². The Morgan fingerprint density at radius 3 is 3.11 bits per heavy atom. The number of rotatable bonds is 3. The summed E-state index contributed by atoms with van der Waals surface area (Å²) in [7, 11) is 0. The fourth-order valence-corrected chi connectivity index (χ4v) is 3.73. The third-order valence-corrected chi connectivity index (χ3v) is 4.80. The van der Waals surface area contributed by atoms with Crippen molar-refractivity contribution < 1.29 is 9.90 Å². The van der Waals surface area contributed by atoms with Crippen molar-refractivity contribution in [2.75, 3.05) is 18.4 Å². The minimum absolute atomic E-state index is 0.302. The molecule has 2 aliphatic rings. The number of aromatic nitrogens is 1. The van der Waals surface area contributed by atoms with Crippen LogP contribution in [0.3, 0.4) is 0 Å². The molecule has 2 fully saturated rings. The van der Waals surface area contributed by atoms with Crippen LogP contribution in [0.5, 0.6) is 0 Å². The smallest absolute Gasteiger partial charge is 0.347 e. The monoisotopic (exact) mass is 267 g/mol. The molecular weight excluding hydrogens is 250 g/mol. The lowest BCUT2D eigenvalue weighted by Crippen LogP contribution is -2.41. The highest BCUT2D eigenvalue weighted by Gasteiger charge is 2.35. The summed E-state index contributed by atoms with van der Waals surface area (Å²) in [6.45, 7) is 2.36. The number of nitrogens with zero attached hydrogens (tertiary/aromatic N) is 2. The quantitative estimate of drug-likeness (QED) is 0.875. The molecule has 5 nitrogen and oxygen atoms in total. The summed E-state index contributed by atoms with van der Waals surface area (Å²) >= 11 is 1.23. The number of aromatic carboxylic acids is 1. The lowest BCUT2D eigenvalue weighted by atomic mass is 9.99. The Morgan fingerprint density at radius 2 is 2.33 bits per heavy atom. The minimum Gasteiger partial charge on any atom is -0.477 e. The van der Waals surface area contributed by atoms with Crippen LogP contribution >= 0.6 is 11.3 Å². The summed E-state index contributed by atoms with van der Waals surface area (Å²) in [5.41, 5.74) is 0. The summed E-state index contributed by atoms with van der Waals surface area (Å²) < 4.78 is 0. The summed E-state index contributed by atoms with van der Waals surface area (Å²) in [5.74, 6) is -0.897. The van der Waals surface area contributed by atoms with Gasteiger partial charge in [0.1, 0.15) is 4.88 Å². The molecular formula is C12H17N3O2S. The number of thiazole rings is 1. The maximum absolute atomic E-state index is 10.8. The lowest BCUT2D eigenvalue weighted by molar-refractivity contribution is 0.0702. The zero-order valence-electron chi connectivity index (χ0n) is 10.1. The molecule has 2 aliphatic heterocycles. The predicted molar refractivity (Wildman–Crippen MR) is 70.3 cm³/mol. The number of carboxylic acids is 1. The highest BCUT2D eigenvalue weighted by molar-refractivity contribution is 7.17. The third kappa shape index (κ3) is 2.22. The molecule has 2 unspecified atom stereocenters. The van der Waals surface area contributed by atoms with Gasteiger partial charge in [-0.05, 0) is 25.8 Å². The molecule has 3 rings (SSSR count). The summed E-state index contributed by atoms with van der Waals surface area (Å²) in [4.78, 5) is 17.8. The molecule has 0 radical (unpaired) electrons. The Balaban J connectivity index is 1.66. The van der Waals surface area contributed by atoms with Crippen molar-refractivity contribution in [3.05, 3.63) is 11.1 Å². The molecule has 0 aromatic carbocycles. The standard InChI is InChI=1S/C12H17N3O2S/c16-11(17)10-7-13-12(18-10)14-8-4-6-15-5-2-1-3-9(8)15/h7-9H,1-6H2,(H,13,14)(H,16,17). The van der Waals surface area contributed by atoms with Crippen LogP contribution in [0, 0.1) is 0 Å². The second-order valence-corrected chi connectivity index (χ2v) is 6.00. The lowest BCUT2D eigenvalue weighted by Gasteiger charge is -2.32. The molecule has 0 bridgehead atoms. The minimum atomic E-state index is -0.897. The van der Waals surface area contributed by atoms with Crippen molar-refractivity contribution >= 4 is 22.4 Å². The van der Waals surface area contributed by atoms with Crippen molar-refractivity contribution in [2.45, 2.75) is 37.8 Å². The zero-order valence-corrected chi connectivity index (χ0v) is 10.9. The first-order chi connectivity index (χ1) is 8.74. The number of nitrogens with one attached hydrogen (secondary N) is 1. The van der Waals surface area contributed by atoms with E-state index in [0.717, 1.165) is 18.1 Å². The molecule has 0 amide bonds. The van der Waals surface area contributed by atoms with Gasteiger partial charge in [0.2, 0.25) is 0 Å². The van der Waals surface area contributed by atoms with Crippen molar-refractivity contribution in [3.63, 3.8) is 0 Å². The van der Waals surface area contributed by atoms with Gasteiger partial charge in [-0.25, -0.2) is 9.78 Å². The van der Waals surface area contributed by atoms with Crippen LogP contribution in [0.4, 0.5) is 5.13 Å². The molecule has 1 aromatic rings. The SMILES string of the molecule is O=C(O)c1cnc(NC2CCN3CCCCC23)s1. The van der Waals surface area contributed by atoms with Crippen LogP contribution in [-0.2, 0) is 0 Å². The van der Waals surface area contributed by atoms with E-state index in [1.165, 1.54) is 43.3 Å². The first-order valence-corrected chi connectivity index (χ1v) is 7.25. The molecule has 98 valence electrons. The summed E-state index contributed by atoms with van der Waals surface area (Å²) in [5, 5.41) is 13.0.